The van der Waals surface area contributed by atoms with Crippen molar-refractivity contribution in [2.75, 3.05) is 13.1 Å². The van der Waals surface area contributed by atoms with E-state index in [2.05, 4.69) is 60.3 Å². The first-order valence-corrected chi connectivity index (χ1v) is 7.45. The number of aromatic nitrogens is 3. The Labute approximate surface area is 121 Å². The molecule has 1 saturated heterocycles. The lowest BCUT2D eigenvalue weighted by Crippen LogP contribution is -2.30. The normalized spacial score (nSPS) is 19.5. The molecule has 1 aliphatic heterocycles. The molecule has 0 spiro atoms. The van der Waals surface area contributed by atoms with Gasteiger partial charge in [0.25, 0.3) is 0 Å². The highest BCUT2D eigenvalue weighted by molar-refractivity contribution is 9.10. The Hall–Kier alpha value is -1.20. The van der Waals surface area contributed by atoms with Crippen LogP contribution in [0.4, 0.5) is 0 Å². The third kappa shape index (κ3) is 3.04. The Bertz CT molecular complexity index is 529. The Morgan fingerprint density at radius 3 is 2.89 bits per heavy atom. The largest absolute Gasteiger partial charge is 0.316 e. The highest BCUT2D eigenvalue weighted by Crippen LogP contribution is 2.22. The van der Waals surface area contributed by atoms with Crippen LogP contribution in [0.5, 0.6) is 0 Å². The lowest BCUT2D eigenvalue weighted by molar-refractivity contribution is 0.435. The van der Waals surface area contributed by atoms with E-state index in [1.807, 2.05) is 6.33 Å². The minimum Gasteiger partial charge on any atom is -0.316 e. The quantitative estimate of drug-likeness (QED) is 0.945. The number of halogens is 1. The first-order chi connectivity index (χ1) is 9.33. The molecule has 0 bridgehead atoms. The van der Waals surface area contributed by atoms with Crippen LogP contribution < -0.4 is 5.32 Å². The average molecular weight is 321 g/mol. The van der Waals surface area contributed by atoms with Crippen molar-refractivity contribution in [2.45, 2.75) is 25.3 Å². The van der Waals surface area contributed by atoms with E-state index >= 15 is 0 Å². The molecule has 1 N–H and O–H groups in total. The molecule has 1 fully saturated rings. The zero-order valence-corrected chi connectivity index (χ0v) is 12.3. The molecule has 0 radical (unpaired) electrons. The number of piperidine rings is 1. The van der Waals surface area contributed by atoms with Crippen LogP contribution in [-0.4, -0.2) is 27.9 Å². The summed E-state index contributed by atoms with van der Waals surface area (Å²) >= 11 is 3.46. The van der Waals surface area contributed by atoms with Crippen LogP contribution in [0.3, 0.4) is 0 Å². The Kier molecular flexibility index (Phi) is 3.94. The second-order valence-corrected chi connectivity index (χ2v) is 5.90. The van der Waals surface area contributed by atoms with Crippen molar-refractivity contribution in [2.24, 2.45) is 0 Å². The van der Waals surface area contributed by atoms with Crippen LogP contribution in [0.2, 0.25) is 0 Å². The molecule has 0 aliphatic carbocycles. The van der Waals surface area contributed by atoms with Gasteiger partial charge in [-0.05, 0) is 37.1 Å². The van der Waals surface area contributed by atoms with E-state index in [4.69, 9.17) is 0 Å². The van der Waals surface area contributed by atoms with Crippen molar-refractivity contribution in [3.05, 3.63) is 46.5 Å². The molecular weight excluding hydrogens is 304 g/mol. The molecule has 0 saturated carbocycles. The van der Waals surface area contributed by atoms with Gasteiger partial charge in [-0.2, -0.15) is 0 Å². The van der Waals surface area contributed by atoms with E-state index in [1.54, 1.807) is 0 Å². The van der Waals surface area contributed by atoms with Gasteiger partial charge >= 0.3 is 0 Å². The molecule has 1 atom stereocenters. The number of hydrogen-bond acceptors (Lipinski definition) is 3. The Morgan fingerprint density at radius 2 is 2.16 bits per heavy atom. The molecular formula is C14H17BrN4. The second-order valence-electron chi connectivity index (χ2n) is 4.99. The summed E-state index contributed by atoms with van der Waals surface area (Å²) < 4.78 is 3.28. The lowest BCUT2D eigenvalue weighted by atomic mass is 9.99. The summed E-state index contributed by atoms with van der Waals surface area (Å²) in [6, 6.07) is 8.41. The fourth-order valence-corrected chi connectivity index (χ4v) is 2.82. The van der Waals surface area contributed by atoms with Crippen LogP contribution in [-0.2, 0) is 6.54 Å². The van der Waals surface area contributed by atoms with Gasteiger partial charge in [0.05, 0.1) is 6.54 Å². The van der Waals surface area contributed by atoms with Gasteiger partial charge in [-0.25, -0.2) is 0 Å². The van der Waals surface area contributed by atoms with Crippen LogP contribution in [0.1, 0.15) is 30.1 Å². The summed E-state index contributed by atoms with van der Waals surface area (Å²) in [4.78, 5) is 0. The first kappa shape index (κ1) is 12.8. The molecule has 4 nitrogen and oxygen atoms in total. The topological polar surface area (TPSA) is 42.7 Å². The molecule has 1 aromatic heterocycles. The maximum Gasteiger partial charge on any atom is 0.137 e. The van der Waals surface area contributed by atoms with Crippen LogP contribution in [0.15, 0.2) is 35.1 Å². The third-order valence-electron chi connectivity index (χ3n) is 3.57. The summed E-state index contributed by atoms with van der Waals surface area (Å²) in [5.74, 6) is 1.60. The molecule has 100 valence electrons. The van der Waals surface area contributed by atoms with Crippen LogP contribution >= 0.6 is 15.9 Å². The first-order valence-electron chi connectivity index (χ1n) is 6.66. The van der Waals surface area contributed by atoms with Crippen molar-refractivity contribution in [1.29, 1.82) is 0 Å². The van der Waals surface area contributed by atoms with E-state index < -0.39 is 0 Å². The van der Waals surface area contributed by atoms with E-state index in [0.29, 0.717) is 5.92 Å². The molecule has 3 rings (SSSR count). The minimum absolute atomic E-state index is 0.492. The van der Waals surface area contributed by atoms with Gasteiger partial charge in [0.2, 0.25) is 0 Å². The third-order valence-corrected chi connectivity index (χ3v) is 4.10. The average Bonchev–Trinajstić information content (AvgIpc) is 2.90. The van der Waals surface area contributed by atoms with Crippen molar-refractivity contribution in [3.63, 3.8) is 0 Å². The van der Waals surface area contributed by atoms with Crippen LogP contribution in [0, 0.1) is 0 Å². The molecule has 2 heterocycles. The molecule has 2 aromatic rings. The summed E-state index contributed by atoms with van der Waals surface area (Å²) in [7, 11) is 0. The van der Waals surface area contributed by atoms with Gasteiger partial charge in [0, 0.05) is 16.9 Å². The monoisotopic (exact) mass is 320 g/mol. The Morgan fingerprint density at radius 1 is 1.32 bits per heavy atom. The number of rotatable bonds is 3. The fraction of sp³-hybridized carbons (Fsp3) is 0.429. The van der Waals surface area contributed by atoms with Crippen molar-refractivity contribution in [1.82, 2.24) is 20.1 Å². The van der Waals surface area contributed by atoms with Gasteiger partial charge in [-0.15, -0.1) is 10.2 Å². The number of nitrogens with zero attached hydrogens (tertiary/aromatic N) is 3. The molecule has 1 unspecified atom stereocenters. The smallest absolute Gasteiger partial charge is 0.137 e. The van der Waals surface area contributed by atoms with Gasteiger partial charge < -0.3 is 9.88 Å². The maximum atomic E-state index is 4.32. The van der Waals surface area contributed by atoms with E-state index in [9.17, 15) is 0 Å². The zero-order valence-electron chi connectivity index (χ0n) is 10.7. The summed E-state index contributed by atoms with van der Waals surface area (Å²) in [6.07, 6.45) is 4.26. The zero-order chi connectivity index (χ0) is 13.1. The number of benzene rings is 1. The molecule has 19 heavy (non-hydrogen) atoms. The molecule has 1 aliphatic rings. The number of hydrogen-bond donors (Lipinski definition) is 1. The van der Waals surface area contributed by atoms with E-state index in [1.165, 1.54) is 18.4 Å². The highest BCUT2D eigenvalue weighted by Gasteiger charge is 2.20. The summed E-state index contributed by atoms with van der Waals surface area (Å²) in [5.41, 5.74) is 1.27. The van der Waals surface area contributed by atoms with Gasteiger partial charge in [0.15, 0.2) is 0 Å². The lowest BCUT2D eigenvalue weighted by Gasteiger charge is -2.22. The van der Waals surface area contributed by atoms with E-state index in [-0.39, 0.29) is 0 Å². The van der Waals surface area contributed by atoms with Crippen molar-refractivity contribution < 1.29 is 0 Å². The fourth-order valence-electron chi connectivity index (χ4n) is 2.56. The van der Waals surface area contributed by atoms with Gasteiger partial charge in [-0.3, -0.25) is 0 Å². The summed E-state index contributed by atoms with van der Waals surface area (Å²) in [5, 5.41) is 11.8. The van der Waals surface area contributed by atoms with Gasteiger partial charge in [0.1, 0.15) is 12.2 Å². The maximum absolute atomic E-state index is 4.32. The van der Waals surface area contributed by atoms with E-state index in [0.717, 1.165) is 29.9 Å². The second kappa shape index (κ2) is 5.84. The van der Waals surface area contributed by atoms with Crippen molar-refractivity contribution in [3.8, 4) is 0 Å². The standard InChI is InChI=1S/C14H17BrN4/c15-13-5-3-11(4-6-13)9-19-10-17-18-14(19)12-2-1-7-16-8-12/h3-6,10,12,16H,1-2,7-9H2. The molecule has 1 aromatic carbocycles. The molecule has 5 heteroatoms. The Balaban J connectivity index is 1.77. The van der Waals surface area contributed by atoms with Crippen molar-refractivity contribution >= 4 is 15.9 Å². The molecule has 0 amide bonds. The minimum atomic E-state index is 0.492. The van der Waals surface area contributed by atoms with Crippen LogP contribution in [0.25, 0.3) is 0 Å². The number of nitrogens with one attached hydrogen (secondary N) is 1. The SMILES string of the molecule is Brc1ccc(Cn2cnnc2C2CCCNC2)cc1. The summed E-state index contributed by atoms with van der Waals surface area (Å²) in [6.45, 7) is 2.97. The predicted octanol–water partition coefficient (Wildman–Crippen LogP) is 2.56. The predicted molar refractivity (Wildman–Crippen MR) is 78.1 cm³/mol. The van der Waals surface area contributed by atoms with Gasteiger partial charge in [-0.1, -0.05) is 28.1 Å². The highest BCUT2D eigenvalue weighted by atomic mass is 79.9.